The highest BCUT2D eigenvalue weighted by atomic mass is 28.4. The van der Waals surface area contributed by atoms with Crippen molar-refractivity contribution in [1.29, 1.82) is 0 Å². The molecule has 0 aliphatic heterocycles. The minimum Gasteiger partial charge on any atom is -0.327 e. The summed E-state index contributed by atoms with van der Waals surface area (Å²) >= 11 is 0. The molecular formula is C10H27NSi2. The molecule has 0 fully saturated rings. The van der Waals surface area contributed by atoms with Crippen LogP contribution < -0.4 is 0 Å². The zero-order chi connectivity index (χ0) is 10.6. The van der Waals surface area contributed by atoms with Crippen molar-refractivity contribution in [2.45, 2.75) is 52.1 Å². The molecule has 0 aromatic rings. The largest absolute Gasteiger partial charge is 0.327 e. The van der Waals surface area contributed by atoms with Crippen LogP contribution in [0.4, 0.5) is 0 Å². The maximum Gasteiger partial charge on any atom is 0.109 e. The van der Waals surface area contributed by atoms with Crippen LogP contribution in [0.1, 0.15) is 20.8 Å². The standard InChI is InChI=1S/C10H27NSi2/c1-8-11(9-2)12(4)10(3)13(5,6)7/h10,12H,8-9H2,1-7H3. The van der Waals surface area contributed by atoms with Crippen molar-refractivity contribution in [2.24, 2.45) is 0 Å². The van der Waals surface area contributed by atoms with Crippen LogP contribution in [0.3, 0.4) is 0 Å². The van der Waals surface area contributed by atoms with E-state index in [4.69, 9.17) is 0 Å². The van der Waals surface area contributed by atoms with Gasteiger partial charge in [-0.15, -0.1) is 0 Å². The van der Waals surface area contributed by atoms with E-state index in [0.29, 0.717) is 0 Å². The van der Waals surface area contributed by atoms with Gasteiger partial charge in [-0.3, -0.25) is 0 Å². The fraction of sp³-hybridized carbons (Fsp3) is 1.00. The van der Waals surface area contributed by atoms with Crippen molar-refractivity contribution in [3.63, 3.8) is 0 Å². The molecule has 0 spiro atoms. The Bertz CT molecular complexity index is 138. The third-order valence-corrected chi connectivity index (χ3v) is 14.0. The van der Waals surface area contributed by atoms with Crippen LogP contribution in [-0.4, -0.2) is 34.7 Å². The van der Waals surface area contributed by atoms with Crippen molar-refractivity contribution in [3.8, 4) is 0 Å². The van der Waals surface area contributed by atoms with Crippen LogP contribution in [0, 0.1) is 0 Å². The number of hydrogen-bond donors (Lipinski definition) is 0. The lowest BCUT2D eigenvalue weighted by Crippen LogP contribution is -2.47. The highest BCUT2D eigenvalue weighted by Gasteiger charge is 2.30. The first-order valence-electron chi connectivity index (χ1n) is 5.58. The molecule has 0 N–H and O–H groups in total. The summed E-state index contributed by atoms with van der Waals surface area (Å²) in [5.41, 5.74) is 0. The third-order valence-electron chi connectivity index (χ3n) is 3.48. The molecule has 0 heterocycles. The second-order valence-corrected chi connectivity index (χ2v) is 14.6. The molecule has 2 atom stereocenters. The minimum absolute atomic E-state index is 0.641. The van der Waals surface area contributed by atoms with Crippen molar-refractivity contribution in [2.75, 3.05) is 13.1 Å². The van der Waals surface area contributed by atoms with Crippen molar-refractivity contribution >= 4 is 17.0 Å². The second-order valence-electron chi connectivity index (χ2n) is 5.12. The smallest absolute Gasteiger partial charge is 0.109 e. The van der Waals surface area contributed by atoms with Crippen LogP contribution in [0.15, 0.2) is 0 Å². The SMILES string of the molecule is CCN(CC)[SiH](C)C(C)[Si](C)(C)C. The van der Waals surface area contributed by atoms with Crippen molar-refractivity contribution < 1.29 is 0 Å². The fourth-order valence-electron chi connectivity index (χ4n) is 1.84. The molecule has 80 valence electrons. The van der Waals surface area contributed by atoms with Gasteiger partial charge in [-0.25, -0.2) is 0 Å². The molecule has 0 rings (SSSR count). The van der Waals surface area contributed by atoms with Crippen molar-refractivity contribution in [1.82, 2.24) is 4.57 Å². The molecule has 0 saturated carbocycles. The van der Waals surface area contributed by atoms with E-state index >= 15 is 0 Å². The monoisotopic (exact) mass is 217 g/mol. The maximum atomic E-state index is 2.71. The van der Waals surface area contributed by atoms with E-state index in [0.717, 1.165) is 5.16 Å². The molecule has 0 bridgehead atoms. The molecule has 0 aliphatic rings. The van der Waals surface area contributed by atoms with Crippen LogP contribution in [0.2, 0.25) is 31.4 Å². The van der Waals surface area contributed by atoms with Gasteiger partial charge >= 0.3 is 0 Å². The topological polar surface area (TPSA) is 3.24 Å². The average molecular weight is 218 g/mol. The summed E-state index contributed by atoms with van der Waals surface area (Å²) in [7, 11) is -1.54. The molecule has 13 heavy (non-hydrogen) atoms. The summed E-state index contributed by atoms with van der Waals surface area (Å²) in [6, 6.07) is 0. The molecule has 3 heteroatoms. The van der Waals surface area contributed by atoms with Gasteiger partial charge in [-0.2, -0.15) is 0 Å². The van der Waals surface area contributed by atoms with E-state index in [-0.39, 0.29) is 0 Å². The Morgan fingerprint density at radius 1 is 1.15 bits per heavy atom. The molecular weight excluding hydrogens is 190 g/mol. The van der Waals surface area contributed by atoms with Crippen LogP contribution >= 0.6 is 0 Å². The summed E-state index contributed by atoms with van der Waals surface area (Å²) in [6.07, 6.45) is 0. The maximum absolute atomic E-state index is 2.71. The van der Waals surface area contributed by atoms with Gasteiger partial charge < -0.3 is 4.57 Å². The van der Waals surface area contributed by atoms with Gasteiger partial charge in [0.2, 0.25) is 0 Å². The highest BCUT2D eigenvalue weighted by Crippen LogP contribution is 2.25. The predicted molar refractivity (Wildman–Crippen MR) is 68.7 cm³/mol. The molecule has 0 aromatic carbocycles. The molecule has 0 amide bonds. The summed E-state index contributed by atoms with van der Waals surface area (Å²) < 4.78 is 2.71. The van der Waals surface area contributed by atoms with Gasteiger partial charge in [-0.05, 0) is 18.3 Å². The van der Waals surface area contributed by atoms with Crippen LogP contribution in [-0.2, 0) is 0 Å². The van der Waals surface area contributed by atoms with Gasteiger partial charge in [0.25, 0.3) is 0 Å². The zero-order valence-corrected chi connectivity index (χ0v) is 12.7. The Balaban J connectivity index is 4.31. The van der Waals surface area contributed by atoms with Gasteiger partial charge in [0, 0.05) is 8.07 Å². The summed E-state index contributed by atoms with van der Waals surface area (Å²) in [5.74, 6) is 0. The molecule has 0 aliphatic carbocycles. The second kappa shape index (κ2) is 5.32. The minimum atomic E-state index is -0.899. The Hall–Kier alpha value is 0.394. The lowest BCUT2D eigenvalue weighted by Gasteiger charge is -2.36. The van der Waals surface area contributed by atoms with Gasteiger partial charge in [0.05, 0.1) is 0 Å². The van der Waals surface area contributed by atoms with Gasteiger partial charge in [-0.1, -0.05) is 47.0 Å². The quantitative estimate of drug-likeness (QED) is 0.640. The molecule has 0 radical (unpaired) electrons. The first-order valence-corrected chi connectivity index (χ1v) is 11.5. The number of hydrogen-bond acceptors (Lipinski definition) is 1. The van der Waals surface area contributed by atoms with Crippen LogP contribution in [0.5, 0.6) is 0 Å². The molecule has 2 unspecified atom stereocenters. The summed E-state index contributed by atoms with van der Waals surface area (Å²) in [4.78, 5) is 0. The van der Waals surface area contributed by atoms with Gasteiger partial charge in [0.15, 0.2) is 0 Å². The Labute approximate surface area is 87.2 Å². The summed E-state index contributed by atoms with van der Waals surface area (Å²) in [5, 5.41) is 1.02. The number of nitrogens with zero attached hydrogens (tertiary/aromatic N) is 1. The number of rotatable bonds is 5. The van der Waals surface area contributed by atoms with E-state index < -0.39 is 17.0 Å². The molecule has 0 saturated heterocycles. The normalized spacial score (nSPS) is 17.5. The first kappa shape index (κ1) is 13.4. The fourth-order valence-corrected chi connectivity index (χ4v) is 10.0. The van der Waals surface area contributed by atoms with Crippen LogP contribution in [0.25, 0.3) is 0 Å². The summed E-state index contributed by atoms with van der Waals surface area (Å²) in [6.45, 7) is 19.6. The van der Waals surface area contributed by atoms with E-state index in [9.17, 15) is 0 Å². The lowest BCUT2D eigenvalue weighted by molar-refractivity contribution is 0.477. The Morgan fingerprint density at radius 2 is 1.54 bits per heavy atom. The van der Waals surface area contributed by atoms with E-state index in [2.05, 4.69) is 51.5 Å². The Morgan fingerprint density at radius 3 is 1.77 bits per heavy atom. The van der Waals surface area contributed by atoms with E-state index in [1.165, 1.54) is 13.1 Å². The third kappa shape index (κ3) is 3.96. The Kier molecular flexibility index (Phi) is 5.48. The molecule has 0 aromatic heterocycles. The highest BCUT2D eigenvalue weighted by molar-refractivity contribution is 6.88. The van der Waals surface area contributed by atoms with Gasteiger partial charge in [0.1, 0.15) is 8.96 Å². The van der Waals surface area contributed by atoms with E-state index in [1.54, 1.807) is 0 Å². The first-order chi connectivity index (χ1) is 5.84. The predicted octanol–water partition coefficient (Wildman–Crippen LogP) is 2.95. The molecule has 1 nitrogen and oxygen atoms in total. The lowest BCUT2D eigenvalue weighted by atomic mass is 10.7. The zero-order valence-electron chi connectivity index (χ0n) is 10.5. The van der Waals surface area contributed by atoms with E-state index in [1.807, 2.05) is 0 Å². The average Bonchev–Trinajstić information content (AvgIpc) is 2.03. The van der Waals surface area contributed by atoms with Crippen molar-refractivity contribution in [3.05, 3.63) is 0 Å².